The van der Waals surface area contributed by atoms with Crippen molar-refractivity contribution in [2.24, 2.45) is 0 Å². The molecule has 16 heavy (non-hydrogen) atoms. The average molecular weight is 215 g/mol. The molecule has 84 valence electrons. The first-order valence-corrected chi connectivity index (χ1v) is 5.52. The molecule has 0 atom stereocenters. The lowest BCUT2D eigenvalue weighted by Gasteiger charge is -2.07. The predicted octanol–water partition coefficient (Wildman–Crippen LogP) is 2.77. The number of nitrogens with two attached hydrogens (primary N) is 1. The van der Waals surface area contributed by atoms with Gasteiger partial charge in [-0.05, 0) is 31.9 Å². The summed E-state index contributed by atoms with van der Waals surface area (Å²) in [6.45, 7) is 7.12. The second-order valence-corrected chi connectivity index (χ2v) is 4.01. The van der Waals surface area contributed by atoms with Crippen molar-refractivity contribution in [2.75, 3.05) is 5.73 Å². The third kappa shape index (κ3) is 1.58. The molecule has 1 aromatic heterocycles. The highest BCUT2D eigenvalue weighted by atomic mass is 15.1. The Morgan fingerprint density at radius 3 is 2.69 bits per heavy atom. The van der Waals surface area contributed by atoms with Gasteiger partial charge in [0.2, 0.25) is 0 Å². The Labute approximate surface area is 95.9 Å². The number of aromatic nitrogens is 2. The molecule has 0 amide bonds. The molecule has 0 unspecified atom stereocenters. The van der Waals surface area contributed by atoms with E-state index >= 15 is 0 Å². The molecule has 1 aromatic carbocycles. The van der Waals surface area contributed by atoms with E-state index in [0.29, 0.717) is 0 Å². The fourth-order valence-electron chi connectivity index (χ4n) is 1.86. The van der Waals surface area contributed by atoms with E-state index in [1.54, 1.807) is 6.33 Å². The van der Waals surface area contributed by atoms with Crippen molar-refractivity contribution in [2.45, 2.75) is 27.3 Å². The van der Waals surface area contributed by atoms with E-state index in [1.165, 1.54) is 11.1 Å². The second kappa shape index (κ2) is 4.00. The molecule has 3 heteroatoms. The van der Waals surface area contributed by atoms with E-state index in [4.69, 9.17) is 5.73 Å². The number of rotatable bonds is 2. The Balaban J connectivity index is 2.59. The van der Waals surface area contributed by atoms with Gasteiger partial charge in [-0.2, -0.15) is 0 Å². The van der Waals surface area contributed by atoms with Gasteiger partial charge in [0.1, 0.15) is 11.5 Å². The molecule has 2 aromatic rings. The molecule has 2 N–H and O–H groups in total. The fraction of sp³-hybridized carbons (Fsp3) is 0.308. The van der Waals surface area contributed by atoms with E-state index in [1.807, 2.05) is 10.6 Å². The number of aryl methyl sites for hydroxylation is 2. The maximum Gasteiger partial charge on any atom is 0.131 e. The van der Waals surface area contributed by atoms with Crippen LogP contribution in [0.2, 0.25) is 0 Å². The number of anilines is 1. The Bertz CT molecular complexity index is 512. The third-order valence-corrected chi connectivity index (χ3v) is 3.08. The zero-order valence-electron chi connectivity index (χ0n) is 9.99. The first-order chi connectivity index (χ1) is 7.65. The molecule has 0 aliphatic carbocycles. The first kappa shape index (κ1) is 10.7. The number of hydrogen-bond acceptors (Lipinski definition) is 2. The van der Waals surface area contributed by atoms with E-state index in [0.717, 1.165) is 23.6 Å². The normalized spacial score (nSPS) is 10.7. The summed E-state index contributed by atoms with van der Waals surface area (Å²) in [4.78, 5) is 4.40. The minimum absolute atomic E-state index is 0.746. The van der Waals surface area contributed by atoms with Crippen LogP contribution >= 0.6 is 0 Å². The highest BCUT2D eigenvalue weighted by molar-refractivity contribution is 5.73. The summed E-state index contributed by atoms with van der Waals surface area (Å²) in [7, 11) is 0. The van der Waals surface area contributed by atoms with Crippen molar-refractivity contribution in [3.05, 3.63) is 35.7 Å². The third-order valence-electron chi connectivity index (χ3n) is 3.08. The van der Waals surface area contributed by atoms with Crippen molar-refractivity contribution in [1.29, 1.82) is 0 Å². The summed E-state index contributed by atoms with van der Waals surface area (Å²) in [5, 5.41) is 0. The van der Waals surface area contributed by atoms with Gasteiger partial charge in [-0.1, -0.05) is 18.2 Å². The Morgan fingerprint density at radius 2 is 2.06 bits per heavy atom. The summed E-state index contributed by atoms with van der Waals surface area (Å²) >= 11 is 0. The first-order valence-electron chi connectivity index (χ1n) is 5.52. The van der Waals surface area contributed by atoms with Crippen LogP contribution in [0.5, 0.6) is 0 Å². The topological polar surface area (TPSA) is 43.8 Å². The average Bonchev–Trinajstić information content (AvgIpc) is 2.64. The number of nitrogens with zero attached hydrogens (tertiary/aromatic N) is 2. The summed E-state index contributed by atoms with van der Waals surface area (Å²) in [5.41, 5.74) is 10.6. The minimum Gasteiger partial charge on any atom is -0.383 e. The molecule has 0 bridgehead atoms. The van der Waals surface area contributed by atoms with E-state index < -0.39 is 0 Å². The van der Waals surface area contributed by atoms with Gasteiger partial charge in [0.15, 0.2) is 0 Å². The van der Waals surface area contributed by atoms with Crippen molar-refractivity contribution in [3.63, 3.8) is 0 Å². The molecular weight excluding hydrogens is 198 g/mol. The van der Waals surface area contributed by atoms with Gasteiger partial charge >= 0.3 is 0 Å². The molecule has 0 saturated carbocycles. The molecular formula is C13H17N3. The molecule has 0 saturated heterocycles. The van der Waals surface area contributed by atoms with Crippen LogP contribution in [0.1, 0.15) is 18.1 Å². The van der Waals surface area contributed by atoms with Crippen molar-refractivity contribution < 1.29 is 0 Å². The van der Waals surface area contributed by atoms with Gasteiger partial charge < -0.3 is 10.3 Å². The van der Waals surface area contributed by atoms with Crippen LogP contribution in [0.15, 0.2) is 24.5 Å². The van der Waals surface area contributed by atoms with Crippen molar-refractivity contribution in [3.8, 4) is 11.3 Å². The van der Waals surface area contributed by atoms with Gasteiger partial charge in [0.25, 0.3) is 0 Å². The minimum atomic E-state index is 0.746. The maximum absolute atomic E-state index is 6.07. The Kier molecular flexibility index (Phi) is 2.69. The van der Waals surface area contributed by atoms with Gasteiger partial charge in [0, 0.05) is 12.1 Å². The van der Waals surface area contributed by atoms with E-state index in [9.17, 15) is 0 Å². The van der Waals surface area contributed by atoms with E-state index in [2.05, 4.69) is 37.9 Å². The predicted molar refractivity (Wildman–Crippen MR) is 67.2 cm³/mol. The largest absolute Gasteiger partial charge is 0.383 e. The van der Waals surface area contributed by atoms with E-state index in [-0.39, 0.29) is 0 Å². The zero-order chi connectivity index (χ0) is 11.7. The van der Waals surface area contributed by atoms with Crippen molar-refractivity contribution >= 4 is 5.82 Å². The summed E-state index contributed by atoms with van der Waals surface area (Å²) in [6, 6.07) is 6.22. The molecule has 3 nitrogen and oxygen atoms in total. The van der Waals surface area contributed by atoms with Crippen LogP contribution in [0.4, 0.5) is 5.82 Å². The number of imidazole rings is 1. The number of nitrogen functional groups attached to an aromatic ring is 1. The maximum atomic E-state index is 6.07. The molecule has 1 heterocycles. The SMILES string of the molecule is CCn1cnc(-c2cccc(C)c2C)c1N. The molecule has 0 fully saturated rings. The number of hydrogen-bond donors (Lipinski definition) is 1. The lowest BCUT2D eigenvalue weighted by molar-refractivity contribution is 0.771. The highest BCUT2D eigenvalue weighted by Crippen LogP contribution is 2.28. The summed E-state index contributed by atoms with van der Waals surface area (Å²) in [5.74, 6) is 0.746. The molecule has 0 spiro atoms. The summed E-state index contributed by atoms with van der Waals surface area (Å²) < 4.78 is 1.96. The smallest absolute Gasteiger partial charge is 0.131 e. The highest BCUT2D eigenvalue weighted by Gasteiger charge is 2.11. The quantitative estimate of drug-likeness (QED) is 0.837. The second-order valence-electron chi connectivity index (χ2n) is 4.01. The summed E-state index contributed by atoms with van der Waals surface area (Å²) in [6.07, 6.45) is 1.80. The van der Waals surface area contributed by atoms with Crippen LogP contribution < -0.4 is 5.73 Å². The molecule has 0 radical (unpaired) electrons. The molecule has 0 aliphatic heterocycles. The molecule has 0 aliphatic rings. The van der Waals surface area contributed by atoms with Crippen LogP contribution in [-0.4, -0.2) is 9.55 Å². The molecule has 2 rings (SSSR count). The number of benzene rings is 1. The fourth-order valence-corrected chi connectivity index (χ4v) is 1.86. The monoisotopic (exact) mass is 215 g/mol. The van der Waals surface area contributed by atoms with Gasteiger partial charge in [-0.25, -0.2) is 4.98 Å². The van der Waals surface area contributed by atoms with Gasteiger partial charge in [-0.15, -0.1) is 0 Å². The van der Waals surface area contributed by atoms with Crippen LogP contribution in [0.25, 0.3) is 11.3 Å². The van der Waals surface area contributed by atoms with Crippen LogP contribution in [0.3, 0.4) is 0 Å². The zero-order valence-corrected chi connectivity index (χ0v) is 9.99. The lowest BCUT2D eigenvalue weighted by Crippen LogP contribution is -2.00. The standard InChI is InChI=1S/C13H17N3/c1-4-16-8-15-12(13(16)14)11-7-5-6-9(2)10(11)3/h5-8H,4,14H2,1-3H3. The van der Waals surface area contributed by atoms with Crippen LogP contribution in [-0.2, 0) is 6.54 Å². The Morgan fingerprint density at radius 1 is 1.31 bits per heavy atom. The van der Waals surface area contributed by atoms with Gasteiger partial charge in [0.05, 0.1) is 6.33 Å². The van der Waals surface area contributed by atoms with Gasteiger partial charge in [-0.3, -0.25) is 0 Å². The van der Waals surface area contributed by atoms with Crippen LogP contribution in [0, 0.1) is 13.8 Å². The lowest BCUT2D eigenvalue weighted by atomic mass is 10.0. The Hall–Kier alpha value is -1.77. The van der Waals surface area contributed by atoms with Crippen molar-refractivity contribution in [1.82, 2.24) is 9.55 Å².